The molecule has 0 aromatic carbocycles. The average Bonchev–Trinajstić information content (AvgIpc) is 2.55. The fourth-order valence-corrected chi connectivity index (χ4v) is 2.92. The van der Waals surface area contributed by atoms with Gasteiger partial charge in [0.2, 0.25) is 5.91 Å². The highest BCUT2D eigenvalue weighted by Gasteiger charge is 2.37. The second-order valence-electron chi connectivity index (χ2n) is 5.55. The Morgan fingerprint density at radius 3 is 2.59 bits per heavy atom. The predicted molar refractivity (Wildman–Crippen MR) is 69.6 cm³/mol. The van der Waals surface area contributed by atoms with Gasteiger partial charge in [0.1, 0.15) is 0 Å². The second-order valence-corrected chi connectivity index (χ2v) is 5.55. The zero-order chi connectivity index (χ0) is 12.3. The Morgan fingerprint density at radius 1 is 1.29 bits per heavy atom. The van der Waals surface area contributed by atoms with Gasteiger partial charge in [-0.1, -0.05) is 39.5 Å². The summed E-state index contributed by atoms with van der Waals surface area (Å²) in [4.78, 5) is 14.3. The summed E-state index contributed by atoms with van der Waals surface area (Å²) < 4.78 is 0. The zero-order valence-corrected chi connectivity index (χ0v) is 11.2. The summed E-state index contributed by atoms with van der Waals surface area (Å²) in [6.45, 7) is 5.25. The minimum absolute atomic E-state index is 0.0768. The van der Waals surface area contributed by atoms with Crippen molar-refractivity contribution < 1.29 is 4.79 Å². The molecule has 1 amide bonds. The van der Waals surface area contributed by atoms with Gasteiger partial charge in [0.15, 0.2) is 0 Å². The average molecular weight is 238 g/mol. The van der Waals surface area contributed by atoms with Crippen molar-refractivity contribution >= 4 is 5.91 Å². The smallest absolute Gasteiger partial charge is 0.241 e. The summed E-state index contributed by atoms with van der Waals surface area (Å²) in [6.07, 6.45) is 8.82. The molecule has 1 heterocycles. The van der Waals surface area contributed by atoms with Gasteiger partial charge in [-0.2, -0.15) is 0 Å². The third kappa shape index (κ3) is 2.82. The molecule has 0 aromatic rings. The van der Waals surface area contributed by atoms with Crippen LogP contribution in [0.4, 0.5) is 0 Å². The van der Waals surface area contributed by atoms with Gasteiger partial charge in [0.25, 0.3) is 0 Å². The summed E-state index contributed by atoms with van der Waals surface area (Å²) in [5.74, 6) is 1.23. The quantitative estimate of drug-likeness (QED) is 0.771. The summed E-state index contributed by atoms with van der Waals surface area (Å²) in [5.41, 5.74) is 0. The SMILES string of the molecule is CCCC1NC(CC)C(=O)N1CCC1CCC1. The molecule has 0 spiro atoms. The molecule has 3 nitrogen and oxygen atoms in total. The van der Waals surface area contributed by atoms with Crippen molar-refractivity contribution in [3.63, 3.8) is 0 Å². The van der Waals surface area contributed by atoms with Gasteiger partial charge < -0.3 is 4.90 Å². The molecule has 1 saturated heterocycles. The summed E-state index contributed by atoms with van der Waals surface area (Å²) in [5, 5.41) is 3.48. The minimum atomic E-state index is 0.0768. The van der Waals surface area contributed by atoms with Gasteiger partial charge in [-0.3, -0.25) is 10.1 Å². The highest BCUT2D eigenvalue weighted by Crippen LogP contribution is 2.30. The molecule has 2 rings (SSSR count). The van der Waals surface area contributed by atoms with E-state index < -0.39 is 0 Å². The fourth-order valence-electron chi connectivity index (χ4n) is 2.92. The van der Waals surface area contributed by atoms with E-state index in [9.17, 15) is 4.79 Å². The lowest BCUT2D eigenvalue weighted by Crippen LogP contribution is -2.38. The molecule has 17 heavy (non-hydrogen) atoms. The maximum Gasteiger partial charge on any atom is 0.241 e. The van der Waals surface area contributed by atoms with Crippen LogP contribution in [0.2, 0.25) is 0 Å². The van der Waals surface area contributed by atoms with Crippen molar-refractivity contribution in [3.05, 3.63) is 0 Å². The van der Waals surface area contributed by atoms with Gasteiger partial charge in [-0.05, 0) is 25.2 Å². The Balaban J connectivity index is 1.87. The largest absolute Gasteiger partial charge is 0.326 e. The number of rotatable bonds is 6. The van der Waals surface area contributed by atoms with E-state index >= 15 is 0 Å². The molecule has 2 unspecified atom stereocenters. The van der Waals surface area contributed by atoms with Crippen LogP contribution in [-0.4, -0.2) is 29.6 Å². The Hall–Kier alpha value is -0.570. The van der Waals surface area contributed by atoms with Gasteiger partial charge in [0.05, 0.1) is 12.2 Å². The fraction of sp³-hybridized carbons (Fsp3) is 0.929. The molecule has 2 fully saturated rings. The number of carbonyl (C=O) groups is 1. The first-order valence-corrected chi connectivity index (χ1v) is 7.32. The second kappa shape index (κ2) is 5.85. The number of carbonyl (C=O) groups excluding carboxylic acids is 1. The van der Waals surface area contributed by atoms with Crippen LogP contribution >= 0.6 is 0 Å². The monoisotopic (exact) mass is 238 g/mol. The van der Waals surface area contributed by atoms with Crippen LogP contribution in [0, 0.1) is 5.92 Å². The molecular formula is C14H26N2O. The molecular weight excluding hydrogens is 212 g/mol. The maximum absolute atomic E-state index is 12.2. The van der Waals surface area contributed by atoms with Crippen molar-refractivity contribution in [1.82, 2.24) is 10.2 Å². The third-order valence-corrected chi connectivity index (χ3v) is 4.32. The van der Waals surface area contributed by atoms with Gasteiger partial charge in [0, 0.05) is 6.54 Å². The molecule has 1 aliphatic carbocycles. The first-order chi connectivity index (χ1) is 8.26. The third-order valence-electron chi connectivity index (χ3n) is 4.32. The van der Waals surface area contributed by atoms with E-state index in [-0.39, 0.29) is 6.04 Å². The molecule has 2 atom stereocenters. The number of nitrogens with zero attached hydrogens (tertiary/aromatic N) is 1. The highest BCUT2D eigenvalue weighted by molar-refractivity contribution is 5.84. The van der Waals surface area contributed by atoms with E-state index in [4.69, 9.17) is 0 Å². The Morgan fingerprint density at radius 2 is 2.06 bits per heavy atom. The lowest BCUT2D eigenvalue weighted by Gasteiger charge is -2.30. The molecule has 0 aromatic heterocycles. The van der Waals surface area contributed by atoms with Crippen molar-refractivity contribution in [2.75, 3.05) is 6.54 Å². The molecule has 2 aliphatic rings. The number of hydrogen-bond donors (Lipinski definition) is 1. The molecule has 1 aliphatic heterocycles. The topological polar surface area (TPSA) is 32.3 Å². The summed E-state index contributed by atoms with van der Waals surface area (Å²) in [6, 6.07) is 0.0768. The number of hydrogen-bond acceptors (Lipinski definition) is 2. The van der Waals surface area contributed by atoms with Crippen LogP contribution in [0.3, 0.4) is 0 Å². The number of amides is 1. The minimum Gasteiger partial charge on any atom is -0.326 e. The van der Waals surface area contributed by atoms with Crippen molar-refractivity contribution in [2.24, 2.45) is 5.92 Å². The molecule has 3 heteroatoms. The van der Waals surface area contributed by atoms with E-state index in [1.165, 1.54) is 25.7 Å². The molecule has 1 N–H and O–H groups in total. The lowest BCUT2D eigenvalue weighted by atomic mass is 9.83. The van der Waals surface area contributed by atoms with Crippen molar-refractivity contribution in [3.8, 4) is 0 Å². The Bertz CT molecular complexity index is 263. The zero-order valence-electron chi connectivity index (χ0n) is 11.2. The van der Waals surface area contributed by atoms with Crippen LogP contribution in [0.5, 0.6) is 0 Å². The van der Waals surface area contributed by atoms with Crippen LogP contribution in [0.15, 0.2) is 0 Å². The highest BCUT2D eigenvalue weighted by atomic mass is 16.2. The van der Waals surface area contributed by atoms with E-state index in [1.54, 1.807) is 0 Å². The summed E-state index contributed by atoms with van der Waals surface area (Å²) in [7, 11) is 0. The standard InChI is InChI=1S/C14H26N2O/c1-3-6-13-15-12(4-2)14(17)16(13)10-9-11-7-5-8-11/h11-13,15H,3-10H2,1-2H3. The predicted octanol–water partition coefficient (Wildman–Crippen LogP) is 2.51. The van der Waals surface area contributed by atoms with Gasteiger partial charge >= 0.3 is 0 Å². The van der Waals surface area contributed by atoms with Crippen LogP contribution in [0.1, 0.15) is 58.8 Å². The van der Waals surface area contributed by atoms with Gasteiger partial charge in [-0.25, -0.2) is 0 Å². The molecule has 0 radical (unpaired) electrons. The van der Waals surface area contributed by atoms with E-state index in [0.29, 0.717) is 12.1 Å². The molecule has 1 saturated carbocycles. The van der Waals surface area contributed by atoms with Crippen LogP contribution in [0.25, 0.3) is 0 Å². The summed E-state index contributed by atoms with van der Waals surface area (Å²) >= 11 is 0. The maximum atomic E-state index is 12.2. The van der Waals surface area contributed by atoms with Gasteiger partial charge in [-0.15, -0.1) is 0 Å². The molecule has 0 bridgehead atoms. The van der Waals surface area contributed by atoms with Crippen LogP contribution < -0.4 is 5.32 Å². The first kappa shape index (κ1) is 12.9. The van der Waals surface area contributed by atoms with Crippen molar-refractivity contribution in [1.29, 1.82) is 0 Å². The van der Waals surface area contributed by atoms with Crippen LogP contribution in [-0.2, 0) is 4.79 Å². The van der Waals surface area contributed by atoms with E-state index in [0.717, 1.165) is 31.7 Å². The Kier molecular flexibility index (Phi) is 4.43. The van der Waals surface area contributed by atoms with Crippen molar-refractivity contribution in [2.45, 2.75) is 71.0 Å². The van der Waals surface area contributed by atoms with E-state index in [1.807, 2.05) is 0 Å². The first-order valence-electron chi connectivity index (χ1n) is 7.32. The Labute approximate surface area is 105 Å². The lowest BCUT2D eigenvalue weighted by molar-refractivity contribution is -0.130. The number of nitrogens with one attached hydrogen (secondary N) is 1. The normalized spacial score (nSPS) is 29.8. The molecule has 98 valence electrons. The van der Waals surface area contributed by atoms with E-state index in [2.05, 4.69) is 24.1 Å².